The maximum absolute atomic E-state index is 11.3. The Morgan fingerprint density at radius 2 is 1.58 bits per heavy atom. The van der Waals surface area contributed by atoms with Gasteiger partial charge in [-0.25, -0.2) is 4.79 Å². The molecule has 0 heterocycles. The summed E-state index contributed by atoms with van der Waals surface area (Å²) in [6, 6.07) is 17.8. The fraction of sp³-hybridized carbons (Fsp3) is 0.200. The number of carbonyl (C=O) groups excluding carboxylic acids is 1. The van der Waals surface area contributed by atoms with Crippen molar-refractivity contribution in [2.45, 2.75) is 26.3 Å². The third-order valence-corrected chi connectivity index (χ3v) is 3.69. The molecule has 0 fully saturated rings. The Balaban J connectivity index is 2.15. The maximum atomic E-state index is 11.3. The summed E-state index contributed by atoms with van der Waals surface area (Å²) in [4.78, 5) is 22.3. The lowest BCUT2D eigenvalue weighted by molar-refractivity contribution is -0.132. The van der Waals surface area contributed by atoms with Crippen molar-refractivity contribution in [1.29, 1.82) is 0 Å². The van der Waals surface area contributed by atoms with E-state index in [2.05, 4.69) is 5.32 Å². The molecule has 0 aliphatic rings. The van der Waals surface area contributed by atoms with Gasteiger partial charge in [-0.15, -0.1) is 0 Å². The molecule has 0 saturated heterocycles. The van der Waals surface area contributed by atoms with E-state index in [1.54, 1.807) is 6.08 Å². The first-order chi connectivity index (χ1) is 11.5. The van der Waals surface area contributed by atoms with E-state index in [-0.39, 0.29) is 17.5 Å². The van der Waals surface area contributed by atoms with Gasteiger partial charge in [0.2, 0.25) is 5.91 Å². The molecular formula is C20H21NO3. The molecule has 0 aromatic heterocycles. The smallest absolute Gasteiger partial charge is 0.331 e. The van der Waals surface area contributed by atoms with Crippen molar-refractivity contribution in [2.24, 2.45) is 0 Å². The molecular weight excluding hydrogens is 302 g/mol. The van der Waals surface area contributed by atoms with Gasteiger partial charge in [0, 0.05) is 12.5 Å². The number of hydrogen-bond acceptors (Lipinski definition) is 2. The molecule has 124 valence electrons. The monoisotopic (exact) mass is 323 g/mol. The minimum atomic E-state index is -0.982. The second kappa shape index (κ2) is 8.11. The topological polar surface area (TPSA) is 66.4 Å². The van der Waals surface area contributed by atoms with E-state index in [1.807, 2.05) is 54.6 Å². The van der Waals surface area contributed by atoms with Gasteiger partial charge in [0.1, 0.15) is 0 Å². The molecule has 2 aromatic carbocycles. The van der Waals surface area contributed by atoms with E-state index in [0.717, 1.165) is 16.7 Å². The number of hydrogen-bond donors (Lipinski definition) is 2. The van der Waals surface area contributed by atoms with Gasteiger partial charge in [-0.2, -0.15) is 0 Å². The Kier molecular flexibility index (Phi) is 5.90. The molecule has 0 spiro atoms. The van der Waals surface area contributed by atoms with Gasteiger partial charge < -0.3 is 10.4 Å². The van der Waals surface area contributed by atoms with Crippen LogP contribution in [-0.4, -0.2) is 23.0 Å². The predicted octanol–water partition coefficient (Wildman–Crippen LogP) is 3.43. The van der Waals surface area contributed by atoms with Gasteiger partial charge in [-0.1, -0.05) is 60.7 Å². The van der Waals surface area contributed by atoms with Crippen molar-refractivity contribution >= 4 is 11.9 Å². The van der Waals surface area contributed by atoms with Gasteiger partial charge in [0.25, 0.3) is 0 Å². The van der Waals surface area contributed by atoms with Crippen LogP contribution in [0, 0.1) is 0 Å². The summed E-state index contributed by atoms with van der Waals surface area (Å²) < 4.78 is 0. The minimum Gasteiger partial charge on any atom is -0.478 e. The molecule has 2 rings (SSSR count). The van der Waals surface area contributed by atoms with Crippen LogP contribution in [-0.2, 0) is 16.0 Å². The van der Waals surface area contributed by atoms with Crippen molar-refractivity contribution in [3.8, 4) is 11.1 Å². The molecule has 0 aliphatic carbocycles. The number of amides is 1. The van der Waals surface area contributed by atoms with E-state index in [9.17, 15) is 9.59 Å². The van der Waals surface area contributed by atoms with Crippen LogP contribution in [0.2, 0.25) is 0 Å². The van der Waals surface area contributed by atoms with Crippen molar-refractivity contribution < 1.29 is 14.7 Å². The summed E-state index contributed by atoms with van der Waals surface area (Å²) >= 11 is 0. The fourth-order valence-corrected chi connectivity index (χ4v) is 2.50. The van der Waals surface area contributed by atoms with E-state index in [1.165, 1.54) is 13.8 Å². The van der Waals surface area contributed by atoms with Crippen LogP contribution in [0.25, 0.3) is 11.1 Å². The summed E-state index contributed by atoms with van der Waals surface area (Å²) in [5, 5.41) is 11.8. The van der Waals surface area contributed by atoms with Gasteiger partial charge in [0.05, 0.1) is 6.04 Å². The maximum Gasteiger partial charge on any atom is 0.331 e. The number of carboxylic acids is 1. The Morgan fingerprint density at radius 3 is 2.12 bits per heavy atom. The van der Waals surface area contributed by atoms with Gasteiger partial charge >= 0.3 is 5.97 Å². The minimum absolute atomic E-state index is 0.185. The second-order valence-electron chi connectivity index (χ2n) is 5.73. The lowest BCUT2D eigenvalue weighted by Crippen LogP contribution is -2.33. The highest BCUT2D eigenvalue weighted by Crippen LogP contribution is 2.20. The zero-order chi connectivity index (χ0) is 17.5. The average molecular weight is 323 g/mol. The van der Waals surface area contributed by atoms with Crippen LogP contribution in [0.4, 0.5) is 0 Å². The number of nitrogens with one attached hydrogen (secondary N) is 1. The molecule has 24 heavy (non-hydrogen) atoms. The highest BCUT2D eigenvalue weighted by molar-refractivity contribution is 5.86. The zero-order valence-electron chi connectivity index (χ0n) is 13.8. The Hall–Kier alpha value is -2.88. The summed E-state index contributed by atoms with van der Waals surface area (Å²) in [7, 11) is 0. The number of carboxylic acid groups (broad SMARTS) is 1. The standard InChI is InChI=1S/C20H21NO3/c1-14(20(23)24)12-19(21-15(2)22)13-16-8-10-18(11-9-16)17-6-4-3-5-7-17/h3-12,19H,13H2,1-2H3,(H,21,22)(H,23,24)/b14-12+/t19-/m0/s1. The van der Waals surface area contributed by atoms with Crippen LogP contribution in [0.5, 0.6) is 0 Å². The molecule has 0 aliphatic heterocycles. The third kappa shape index (κ3) is 5.09. The number of benzene rings is 2. The Labute approximate surface area is 141 Å². The first-order valence-electron chi connectivity index (χ1n) is 7.79. The molecule has 2 N–H and O–H groups in total. The van der Waals surface area contributed by atoms with E-state index >= 15 is 0 Å². The molecule has 1 amide bonds. The second-order valence-corrected chi connectivity index (χ2v) is 5.73. The molecule has 0 saturated carbocycles. The first kappa shape index (κ1) is 17.5. The lowest BCUT2D eigenvalue weighted by atomic mass is 9.99. The Morgan fingerprint density at radius 1 is 1.00 bits per heavy atom. The molecule has 0 radical (unpaired) electrons. The number of rotatable bonds is 6. The van der Waals surface area contributed by atoms with Crippen molar-refractivity contribution in [3.63, 3.8) is 0 Å². The quantitative estimate of drug-likeness (QED) is 0.800. The number of aliphatic carboxylic acids is 1. The fourth-order valence-electron chi connectivity index (χ4n) is 2.50. The summed E-state index contributed by atoms with van der Waals surface area (Å²) in [5.41, 5.74) is 3.51. The summed E-state index contributed by atoms with van der Waals surface area (Å²) in [6.07, 6.45) is 2.12. The predicted molar refractivity (Wildman–Crippen MR) is 94.6 cm³/mol. The Bertz CT molecular complexity index is 733. The van der Waals surface area contributed by atoms with Crippen molar-refractivity contribution in [2.75, 3.05) is 0 Å². The van der Waals surface area contributed by atoms with Crippen molar-refractivity contribution in [3.05, 3.63) is 71.8 Å². The first-order valence-corrected chi connectivity index (χ1v) is 7.79. The molecule has 0 unspecified atom stereocenters. The molecule has 4 nitrogen and oxygen atoms in total. The van der Waals surface area contributed by atoms with Gasteiger partial charge in [-0.3, -0.25) is 4.79 Å². The van der Waals surface area contributed by atoms with Crippen LogP contribution in [0.1, 0.15) is 19.4 Å². The van der Waals surface area contributed by atoms with Crippen LogP contribution < -0.4 is 5.32 Å². The molecule has 4 heteroatoms. The third-order valence-electron chi connectivity index (χ3n) is 3.69. The van der Waals surface area contributed by atoms with E-state index < -0.39 is 5.97 Å². The summed E-state index contributed by atoms with van der Waals surface area (Å²) in [6.45, 7) is 2.95. The zero-order valence-corrected chi connectivity index (χ0v) is 13.8. The molecule has 2 aromatic rings. The average Bonchev–Trinajstić information content (AvgIpc) is 2.55. The molecule has 1 atom stereocenters. The largest absolute Gasteiger partial charge is 0.478 e. The SMILES string of the molecule is CC(=O)N[C@@H](/C=C(\C)C(=O)O)Cc1ccc(-c2ccccc2)cc1. The van der Waals surface area contributed by atoms with Gasteiger partial charge in [-0.05, 0) is 30.0 Å². The van der Waals surface area contributed by atoms with Crippen molar-refractivity contribution in [1.82, 2.24) is 5.32 Å². The number of carbonyl (C=O) groups is 2. The normalized spacial score (nSPS) is 12.5. The lowest BCUT2D eigenvalue weighted by Gasteiger charge is -2.15. The highest BCUT2D eigenvalue weighted by Gasteiger charge is 2.11. The highest BCUT2D eigenvalue weighted by atomic mass is 16.4. The summed E-state index contributed by atoms with van der Waals surface area (Å²) in [5.74, 6) is -1.17. The van der Waals surface area contributed by atoms with E-state index in [0.29, 0.717) is 6.42 Å². The molecule has 0 bridgehead atoms. The van der Waals surface area contributed by atoms with Gasteiger partial charge in [0.15, 0.2) is 0 Å². The van der Waals surface area contributed by atoms with Crippen LogP contribution in [0.3, 0.4) is 0 Å². The van der Waals surface area contributed by atoms with Crippen LogP contribution in [0.15, 0.2) is 66.2 Å². The van der Waals surface area contributed by atoms with Crippen LogP contribution >= 0.6 is 0 Å². The van der Waals surface area contributed by atoms with E-state index in [4.69, 9.17) is 5.11 Å².